The maximum absolute atomic E-state index is 12.3. The molecule has 1 saturated heterocycles. The molecule has 1 amide bonds. The Morgan fingerprint density at radius 3 is 3.16 bits per heavy atom. The number of rotatable bonds is 3. The van der Waals surface area contributed by atoms with Crippen LogP contribution in [0, 0.1) is 0 Å². The van der Waals surface area contributed by atoms with Gasteiger partial charge in [0.25, 0.3) is 0 Å². The Morgan fingerprint density at radius 1 is 1.42 bits per heavy atom. The Balaban J connectivity index is 1.74. The number of hydrogen-bond donors (Lipinski definition) is 2. The molecule has 2 N–H and O–H groups in total. The molecule has 0 aliphatic carbocycles. The zero-order valence-electron chi connectivity index (χ0n) is 10.8. The van der Waals surface area contributed by atoms with E-state index < -0.39 is 0 Å². The molecule has 0 spiro atoms. The summed E-state index contributed by atoms with van der Waals surface area (Å²) in [6.07, 6.45) is 4.22. The fourth-order valence-corrected chi connectivity index (χ4v) is 2.83. The van der Waals surface area contributed by atoms with E-state index in [1.165, 1.54) is 0 Å². The number of aliphatic hydroxyl groups excluding tert-OH is 1. The second-order valence-corrected chi connectivity index (χ2v) is 5.14. The summed E-state index contributed by atoms with van der Waals surface area (Å²) in [7, 11) is 0. The van der Waals surface area contributed by atoms with Crippen LogP contribution in [0.2, 0.25) is 0 Å². The van der Waals surface area contributed by atoms with E-state index in [-0.39, 0.29) is 18.6 Å². The van der Waals surface area contributed by atoms with Gasteiger partial charge in [-0.3, -0.25) is 4.79 Å². The molecule has 1 fully saturated rings. The fraction of sp³-hybridized carbons (Fsp3) is 0.400. The lowest BCUT2D eigenvalue weighted by Gasteiger charge is -2.23. The van der Waals surface area contributed by atoms with E-state index in [0.717, 1.165) is 35.9 Å². The number of carbonyl (C=O) groups excluding carboxylic acids is 1. The van der Waals surface area contributed by atoms with E-state index in [9.17, 15) is 9.90 Å². The summed E-state index contributed by atoms with van der Waals surface area (Å²) in [4.78, 5) is 17.2. The Morgan fingerprint density at radius 2 is 2.32 bits per heavy atom. The Bertz CT molecular complexity index is 591. The number of carbonyl (C=O) groups is 1. The van der Waals surface area contributed by atoms with Crippen molar-refractivity contribution in [3.8, 4) is 0 Å². The number of amides is 1. The number of H-pyrrole nitrogens is 1. The summed E-state index contributed by atoms with van der Waals surface area (Å²) in [5, 5.41) is 10.4. The number of fused-ring (bicyclic) bond motifs is 1. The molecule has 1 atom stereocenters. The van der Waals surface area contributed by atoms with E-state index in [0.29, 0.717) is 6.42 Å². The topological polar surface area (TPSA) is 56.3 Å². The molecule has 3 rings (SSSR count). The van der Waals surface area contributed by atoms with E-state index >= 15 is 0 Å². The molecule has 1 aliphatic heterocycles. The van der Waals surface area contributed by atoms with Gasteiger partial charge in [-0.25, -0.2) is 0 Å². The molecule has 100 valence electrons. The monoisotopic (exact) mass is 258 g/mol. The smallest absolute Gasteiger partial charge is 0.227 e. The molecule has 19 heavy (non-hydrogen) atoms. The molecule has 4 nitrogen and oxygen atoms in total. The fourth-order valence-electron chi connectivity index (χ4n) is 2.83. The van der Waals surface area contributed by atoms with E-state index in [1.807, 2.05) is 35.4 Å². The van der Waals surface area contributed by atoms with Crippen LogP contribution < -0.4 is 0 Å². The van der Waals surface area contributed by atoms with Gasteiger partial charge in [-0.2, -0.15) is 0 Å². The van der Waals surface area contributed by atoms with Gasteiger partial charge in [0.05, 0.1) is 19.1 Å². The van der Waals surface area contributed by atoms with Crippen LogP contribution in [0.5, 0.6) is 0 Å². The van der Waals surface area contributed by atoms with Crippen molar-refractivity contribution in [3.05, 3.63) is 36.0 Å². The Hall–Kier alpha value is -1.81. The molecule has 0 bridgehead atoms. The van der Waals surface area contributed by atoms with E-state index in [2.05, 4.69) is 4.98 Å². The first kappa shape index (κ1) is 12.2. The minimum atomic E-state index is 0.0155. The van der Waals surface area contributed by atoms with Crippen LogP contribution in [0.1, 0.15) is 18.4 Å². The molecule has 0 saturated carbocycles. The molecule has 2 aromatic rings. The van der Waals surface area contributed by atoms with Crippen LogP contribution in [0.4, 0.5) is 0 Å². The van der Waals surface area contributed by atoms with Crippen molar-refractivity contribution in [1.82, 2.24) is 9.88 Å². The van der Waals surface area contributed by atoms with Gasteiger partial charge in [0.2, 0.25) is 5.91 Å². The highest BCUT2D eigenvalue weighted by Crippen LogP contribution is 2.19. The van der Waals surface area contributed by atoms with Gasteiger partial charge in [0, 0.05) is 18.3 Å². The molecule has 1 unspecified atom stereocenters. The van der Waals surface area contributed by atoms with Gasteiger partial charge in [0.15, 0.2) is 0 Å². The third-order valence-corrected chi connectivity index (χ3v) is 3.88. The number of aromatic amines is 1. The summed E-state index contributed by atoms with van der Waals surface area (Å²) >= 11 is 0. The number of hydrogen-bond acceptors (Lipinski definition) is 2. The summed E-state index contributed by atoms with van der Waals surface area (Å²) < 4.78 is 0. The van der Waals surface area contributed by atoms with Gasteiger partial charge in [0.1, 0.15) is 0 Å². The van der Waals surface area contributed by atoms with Crippen molar-refractivity contribution in [2.75, 3.05) is 13.2 Å². The lowest BCUT2D eigenvalue weighted by Crippen LogP contribution is -2.38. The minimum Gasteiger partial charge on any atom is -0.394 e. The van der Waals surface area contributed by atoms with Crippen LogP contribution in [0.3, 0.4) is 0 Å². The van der Waals surface area contributed by atoms with Gasteiger partial charge in [-0.15, -0.1) is 0 Å². The first-order chi connectivity index (χ1) is 9.28. The highest BCUT2D eigenvalue weighted by molar-refractivity contribution is 5.83. The molecule has 0 radical (unpaired) electrons. The average molecular weight is 258 g/mol. The normalized spacial score (nSPS) is 19.2. The average Bonchev–Trinajstić information content (AvgIpc) is 3.06. The predicted octanol–water partition coefficient (Wildman–Crippen LogP) is 1.69. The SMILES string of the molecule is O=C(Cc1ccc2cc[nH]c2c1)N1CCCC1CO. The largest absolute Gasteiger partial charge is 0.394 e. The maximum Gasteiger partial charge on any atom is 0.227 e. The van der Waals surface area contributed by atoms with Crippen LogP contribution in [0.15, 0.2) is 30.5 Å². The number of likely N-dealkylation sites (tertiary alicyclic amines) is 1. The molecule has 1 aliphatic rings. The number of aliphatic hydroxyl groups is 1. The first-order valence-corrected chi connectivity index (χ1v) is 6.74. The molecular weight excluding hydrogens is 240 g/mol. The van der Waals surface area contributed by atoms with Crippen LogP contribution in [0.25, 0.3) is 10.9 Å². The Kier molecular flexibility index (Phi) is 3.25. The summed E-state index contributed by atoms with van der Waals surface area (Å²) in [6.45, 7) is 0.843. The van der Waals surface area contributed by atoms with Gasteiger partial charge in [-0.05, 0) is 35.9 Å². The lowest BCUT2D eigenvalue weighted by atomic mass is 10.1. The highest BCUT2D eigenvalue weighted by atomic mass is 16.3. The van der Waals surface area contributed by atoms with E-state index in [4.69, 9.17) is 0 Å². The lowest BCUT2D eigenvalue weighted by molar-refractivity contribution is -0.131. The van der Waals surface area contributed by atoms with Gasteiger partial charge >= 0.3 is 0 Å². The van der Waals surface area contributed by atoms with Crippen LogP contribution in [-0.4, -0.2) is 40.1 Å². The van der Waals surface area contributed by atoms with Crippen molar-refractivity contribution < 1.29 is 9.90 Å². The molecule has 4 heteroatoms. The van der Waals surface area contributed by atoms with Gasteiger partial charge in [-0.1, -0.05) is 12.1 Å². The standard InChI is InChI=1S/C15H18N2O2/c18-10-13-2-1-7-17(13)15(19)9-11-3-4-12-5-6-16-14(12)8-11/h3-6,8,13,16,18H,1-2,7,9-10H2. The predicted molar refractivity (Wildman–Crippen MR) is 73.8 cm³/mol. The van der Waals surface area contributed by atoms with E-state index in [1.54, 1.807) is 0 Å². The summed E-state index contributed by atoms with van der Waals surface area (Å²) in [6, 6.07) is 8.09. The van der Waals surface area contributed by atoms with Crippen molar-refractivity contribution in [1.29, 1.82) is 0 Å². The van der Waals surface area contributed by atoms with Crippen molar-refractivity contribution >= 4 is 16.8 Å². The number of benzene rings is 1. The van der Waals surface area contributed by atoms with Crippen molar-refractivity contribution in [3.63, 3.8) is 0 Å². The molecule has 1 aromatic heterocycles. The second kappa shape index (κ2) is 5.05. The van der Waals surface area contributed by atoms with Crippen molar-refractivity contribution in [2.45, 2.75) is 25.3 Å². The quantitative estimate of drug-likeness (QED) is 0.880. The second-order valence-electron chi connectivity index (χ2n) is 5.14. The zero-order chi connectivity index (χ0) is 13.2. The zero-order valence-corrected chi connectivity index (χ0v) is 10.8. The first-order valence-electron chi connectivity index (χ1n) is 6.74. The van der Waals surface area contributed by atoms with Crippen LogP contribution >= 0.6 is 0 Å². The van der Waals surface area contributed by atoms with Gasteiger partial charge < -0.3 is 15.0 Å². The Labute approximate surface area is 112 Å². The summed E-state index contributed by atoms with van der Waals surface area (Å²) in [5.74, 6) is 0.113. The molecular formula is C15H18N2O2. The molecule has 2 heterocycles. The number of aromatic nitrogens is 1. The maximum atomic E-state index is 12.3. The third-order valence-electron chi connectivity index (χ3n) is 3.88. The third kappa shape index (κ3) is 2.36. The number of nitrogens with one attached hydrogen (secondary N) is 1. The van der Waals surface area contributed by atoms with Crippen LogP contribution in [-0.2, 0) is 11.2 Å². The minimum absolute atomic E-state index is 0.0155. The highest BCUT2D eigenvalue weighted by Gasteiger charge is 2.27. The number of nitrogens with zero attached hydrogens (tertiary/aromatic N) is 1. The molecule has 1 aromatic carbocycles. The summed E-state index contributed by atoms with van der Waals surface area (Å²) in [5.41, 5.74) is 2.08. The van der Waals surface area contributed by atoms with Crippen molar-refractivity contribution in [2.24, 2.45) is 0 Å².